The number of imidazole rings is 1. The molecule has 5 heteroatoms. The molecule has 0 aliphatic rings. The van der Waals surface area contributed by atoms with Crippen LogP contribution in [0.25, 0.3) is 16.9 Å². The minimum atomic E-state index is 0.540. The average Bonchev–Trinajstić information content (AvgIpc) is 2.85. The third-order valence-electron chi connectivity index (χ3n) is 3.18. The van der Waals surface area contributed by atoms with Crippen LogP contribution in [0.3, 0.4) is 0 Å². The van der Waals surface area contributed by atoms with Gasteiger partial charge in [-0.15, -0.1) is 0 Å². The van der Waals surface area contributed by atoms with Crippen molar-refractivity contribution in [1.82, 2.24) is 14.5 Å². The van der Waals surface area contributed by atoms with Crippen LogP contribution in [0, 0.1) is 0 Å². The molecule has 5 nitrogen and oxygen atoms in total. The fourth-order valence-corrected chi connectivity index (χ4v) is 2.32. The molecule has 0 aliphatic carbocycles. The fraction of sp³-hybridized carbons (Fsp3) is 0.200. The van der Waals surface area contributed by atoms with Gasteiger partial charge in [0.1, 0.15) is 5.82 Å². The number of fused-ring (bicyclic) bond motifs is 1. The highest BCUT2D eigenvalue weighted by atomic mass is 16.5. The molecule has 0 saturated heterocycles. The van der Waals surface area contributed by atoms with Gasteiger partial charge in [0.2, 0.25) is 0 Å². The number of pyridine rings is 1. The number of para-hydroxylation sites is 2. The van der Waals surface area contributed by atoms with Crippen LogP contribution in [0.15, 0.2) is 42.6 Å². The maximum Gasteiger partial charge on any atom is 0.181 e. The maximum atomic E-state index is 5.69. The van der Waals surface area contributed by atoms with Crippen molar-refractivity contribution in [2.24, 2.45) is 5.73 Å². The maximum absolute atomic E-state index is 5.69. The molecule has 0 atom stereocenters. The van der Waals surface area contributed by atoms with Crippen molar-refractivity contribution in [2.75, 3.05) is 13.7 Å². The number of benzene rings is 1. The van der Waals surface area contributed by atoms with Crippen LogP contribution in [-0.4, -0.2) is 28.2 Å². The summed E-state index contributed by atoms with van der Waals surface area (Å²) in [5, 5.41) is 0. The van der Waals surface area contributed by atoms with Crippen molar-refractivity contribution >= 4 is 11.0 Å². The van der Waals surface area contributed by atoms with Gasteiger partial charge in [-0.1, -0.05) is 12.1 Å². The van der Waals surface area contributed by atoms with Crippen LogP contribution >= 0.6 is 0 Å². The van der Waals surface area contributed by atoms with Crippen molar-refractivity contribution in [3.05, 3.63) is 48.4 Å². The van der Waals surface area contributed by atoms with Crippen LogP contribution in [0.2, 0.25) is 0 Å². The monoisotopic (exact) mass is 268 g/mol. The Balaban J connectivity index is 2.30. The summed E-state index contributed by atoms with van der Waals surface area (Å²) in [7, 11) is 1.64. The summed E-state index contributed by atoms with van der Waals surface area (Å²) < 4.78 is 7.42. The predicted octanol–water partition coefficient (Wildman–Crippen LogP) is 1.93. The highest BCUT2D eigenvalue weighted by Gasteiger charge is 2.15. The van der Waals surface area contributed by atoms with E-state index in [2.05, 4.69) is 9.97 Å². The molecule has 0 fully saturated rings. The van der Waals surface area contributed by atoms with Gasteiger partial charge in [0, 0.05) is 12.6 Å². The predicted molar refractivity (Wildman–Crippen MR) is 78.2 cm³/mol. The molecule has 0 unspecified atom stereocenters. The largest absolute Gasteiger partial charge is 0.493 e. The molecule has 0 aliphatic heterocycles. The van der Waals surface area contributed by atoms with Gasteiger partial charge in [-0.05, 0) is 30.8 Å². The normalized spacial score (nSPS) is 10.9. The van der Waals surface area contributed by atoms with Crippen LogP contribution < -0.4 is 10.5 Å². The van der Waals surface area contributed by atoms with E-state index in [1.165, 1.54) is 0 Å². The van der Waals surface area contributed by atoms with E-state index < -0.39 is 0 Å². The molecule has 0 radical (unpaired) electrons. The van der Waals surface area contributed by atoms with Crippen molar-refractivity contribution in [3.8, 4) is 11.6 Å². The lowest BCUT2D eigenvalue weighted by molar-refractivity contribution is 0.410. The van der Waals surface area contributed by atoms with Gasteiger partial charge >= 0.3 is 0 Å². The zero-order chi connectivity index (χ0) is 13.9. The highest BCUT2D eigenvalue weighted by Crippen LogP contribution is 2.26. The number of hydrogen-bond acceptors (Lipinski definition) is 4. The van der Waals surface area contributed by atoms with Gasteiger partial charge in [0.25, 0.3) is 0 Å². The molecule has 1 aromatic carbocycles. The smallest absolute Gasteiger partial charge is 0.181 e. The molecule has 2 N–H and O–H groups in total. The Morgan fingerprint density at radius 3 is 2.85 bits per heavy atom. The first-order chi connectivity index (χ1) is 9.85. The third kappa shape index (κ3) is 2.02. The first-order valence-electron chi connectivity index (χ1n) is 6.51. The number of aromatic nitrogens is 3. The van der Waals surface area contributed by atoms with E-state index in [9.17, 15) is 0 Å². The molecule has 3 rings (SSSR count). The minimum Gasteiger partial charge on any atom is -0.493 e. The molecule has 2 heterocycles. The molecule has 0 saturated carbocycles. The second kappa shape index (κ2) is 5.30. The number of rotatable bonds is 4. The van der Waals surface area contributed by atoms with Crippen LogP contribution in [0.1, 0.15) is 5.82 Å². The zero-order valence-electron chi connectivity index (χ0n) is 11.3. The summed E-state index contributed by atoms with van der Waals surface area (Å²) in [6.45, 7) is 0.540. The Kier molecular flexibility index (Phi) is 3.35. The van der Waals surface area contributed by atoms with Crippen molar-refractivity contribution < 1.29 is 4.74 Å². The molecular weight excluding hydrogens is 252 g/mol. The lowest BCUT2D eigenvalue weighted by atomic mass is 10.3. The summed E-state index contributed by atoms with van der Waals surface area (Å²) in [6.07, 6.45) is 2.44. The molecular formula is C15H16N4O. The summed E-state index contributed by atoms with van der Waals surface area (Å²) >= 11 is 0. The summed E-state index contributed by atoms with van der Waals surface area (Å²) in [4.78, 5) is 9.08. The lowest BCUT2D eigenvalue weighted by Crippen LogP contribution is -2.10. The Hall–Kier alpha value is -2.40. The quantitative estimate of drug-likeness (QED) is 0.785. The average molecular weight is 268 g/mol. The third-order valence-corrected chi connectivity index (χ3v) is 3.18. The lowest BCUT2D eigenvalue weighted by Gasteiger charge is -2.11. The first-order valence-corrected chi connectivity index (χ1v) is 6.51. The van der Waals surface area contributed by atoms with E-state index in [0.29, 0.717) is 18.7 Å². The Morgan fingerprint density at radius 2 is 2.05 bits per heavy atom. The van der Waals surface area contributed by atoms with Crippen molar-refractivity contribution in [3.63, 3.8) is 0 Å². The van der Waals surface area contributed by atoms with Gasteiger partial charge in [0.05, 0.1) is 18.1 Å². The van der Waals surface area contributed by atoms with Crippen LogP contribution in [-0.2, 0) is 6.42 Å². The van der Waals surface area contributed by atoms with Gasteiger partial charge in [0.15, 0.2) is 11.6 Å². The van der Waals surface area contributed by atoms with Gasteiger partial charge < -0.3 is 10.5 Å². The number of hydrogen-bond donors (Lipinski definition) is 1. The fourth-order valence-electron chi connectivity index (χ4n) is 2.32. The Labute approximate surface area is 117 Å². The summed E-state index contributed by atoms with van der Waals surface area (Å²) in [5.74, 6) is 2.35. The van der Waals surface area contributed by atoms with E-state index >= 15 is 0 Å². The van der Waals surface area contributed by atoms with Crippen LogP contribution in [0.5, 0.6) is 5.75 Å². The Morgan fingerprint density at radius 1 is 1.20 bits per heavy atom. The van der Waals surface area contributed by atoms with E-state index in [1.807, 2.05) is 41.0 Å². The summed E-state index contributed by atoms with van der Waals surface area (Å²) in [5.41, 5.74) is 7.64. The second-order valence-electron chi connectivity index (χ2n) is 4.42. The SMILES string of the molecule is COc1cccnc1-n1c(CCN)nc2ccccc21. The molecule has 0 amide bonds. The number of nitrogens with zero attached hydrogens (tertiary/aromatic N) is 3. The highest BCUT2D eigenvalue weighted by molar-refractivity contribution is 5.78. The van der Waals surface area contributed by atoms with E-state index in [-0.39, 0.29) is 0 Å². The standard InChI is InChI=1S/C15H16N4O/c1-20-13-7-4-10-17-15(13)19-12-6-3-2-5-11(12)18-14(19)8-9-16/h2-7,10H,8-9,16H2,1H3. The number of ether oxygens (including phenoxy) is 1. The van der Waals surface area contributed by atoms with Gasteiger partial charge in [-0.3, -0.25) is 4.57 Å². The van der Waals surface area contributed by atoms with Gasteiger partial charge in [-0.25, -0.2) is 9.97 Å². The minimum absolute atomic E-state index is 0.540. The van der Waals surface area contributed by atoms with E-state index in [4.69, 9.17) is 10.5 Å². The topological polar surface area (TPSA) is 66.0 Å². The summed E-state index contributed by atoms with van der Waals surface area (Å²) in [6, 6.07) is 11.7. The molecule has 102 valence electrons. The molecule has 20 heavy (non-hydrogen) atoms. The Bertz CT molecular complexity index is 736. The van der Waals surface area contributed by atoms with Crippen molar-refractivity contribution in [1.29, 1.82) is 0 Å². The second-order valence-corrected chi connectivity index (χ2v) is 4.42. The first kappa shape index (κ1) is 12.6. The molecule has 0 bridgehead atoms. The number of nitrogens with two attached hydrogens (primary N) is 1. The number of methoxy groups -OCH3 is 1. The van der Waals surface area contributed by atoms with Crippen LogP contribution in [0.4, 0.5) is 0 Å². The molecule has 0 spiro atoms. The van der Waals surface area contributed by atoms with E-state index in [0.717, 1.165) is 22.7 Å². The van der Waals surface area contributed by atoms with Crippen molar-refractivity contribution in [2.45, 2.75) is 6.42 Å². The zero-order valence-corrected chi connectivity index (χ0v) is 11.3. The molecule has 2 aromatic heterocycles. The van der Waals surface area contributed by atoms with Gasteiger partial charge in [-0.2, -0.15) is 0 Å². The van der Waals surface area contributed by atoms with E-state index in [1.54, 1.807) is 13.3 Å². The molecule has 3 aromatic rings.